The third-order valence-corrected chi connectivity index (χ3v) is 3.57. The molecule has 0 atom stereocenters. The molecule has 0 aliphatic rings. The lowest BCUT2D eigenvalue weighted by molar-refractivity contribution is 0.459. The van der Waals surface area contributed by atoms with Crippen LogP contribution in [0.4, 0.5) is 35.0 Å². The van der Waals surface area contributed by atoms with E-state index in [0.717, 1.165) is 0 Å². The molecule has 0 fully saturated rings. The summed E-state index contributed by atoms with van der Waals surface area (Å²) in [6, 6.07) is 6.83. The van der Waals surface area contributed by atoms with Crippen LogP contribution in [0.15, 0.2) is 36.5 Å². The molecule has 6 nitrogen and oxygen atoms in total. The minimum absolute atomic E-state index is 0.0934. The summed E-state index contributed by atoms with van der Waals surface area (Å²) in [5.41, 5.74) is 4.15. The van der Waals surface area contributed by atoms with Crippen LogP contribution in [0.2, 0.25) is 0 Å². The van der Waals surface area contributed by atoms with Gasteiger partial charge in [0.2, 0.25) is 5.95 Å². The normalized spacial score (nSPS) is 11.3. The van der Waals surface area contributed by atoms with E-state index in [1.54, 1.807) is 24.4 Å². The standard InChI is InChI=1S/C19H18F4N6/c1-19(2,3)27-18-25-13(12-6-4-5-7-24-12)9-14(26-18)28-29-17-15(22)10(20)8-11(21)16(17)23/h4-9,29H,1-3H3,(H2,25,26,27,28). The number of halogens is 4. The fraction of sp³-hybridized carbons (Fsp3) is 0.211. The van der Waals surface area contributed by atoms with Crippen molar-refractivity contribution in [2.75, 3.05) is 16.2 Å². The molecular formula is C19H18F4N6. The molecule has 0 saturated heterocycles. The molecule has 3 aromatic rings. The quantitative estimate of drug-likeness (QED) is 0.323. The molecule has 3 N–H and O–H groups in total. The molecule has 0 bridgehead atoms. The molecule has 0 amide bonds. The second-order valence-electron chi connectivity index (χ2n) is 7.15. The molecule has 0 spiro atoms. The van der Waals surface area contributed by atoms with E-state index in [2.05, 4.69) is 31.1 Å². The van der Waals surface area contributed by atoms with E-state index in [4.69, 9.17) is 0 Å². The first kappa shape index (κ1) is 20.3. The SMILES string of the molecule is CC(C)(C)Nc1nc(NNc2c(F)c(F)cc(F)c2F)cc(-c2ccccn2)n1. The lowest BCUT2D eigenvalue weighted by Crippen LogP contribution is -2.27. The summed E-state index contributed by atoms with van der Waals surface area (Å²) in [7, 11) is 0. The number of pyridine rings is 1. The Morgan fingerprint density at radius 3 is 2.10 bits per heavy atom. The maximum absolute atomic E-state index is 13.9. The minimum Gasteiger partial charge on any atom is -0.350 e. The number of rotatable bonds is 5. The highest BCUT2D eigenvalue weighted by atomic mass is 19.2. The summed E-state index contributed by atoms with van der Waals surface area (Å²) in [5.74, 6) is -5.88. The van der Waals surface area contributed by atoms with Gasteiger partial charge >= 0.3 is 0 Å². The molecule has 0 radical (unpaired) electrons. The van der Waals surface area contributed by atoms with E-state index >= 15 is 0 Å². The zero-order valence-electron chi connectivity index (χ0n) is 15.8. The highest BCUT2D eigenvalue weighted by molar-refractivity contribution is 5.62. The molecule has 10 heteroatoms. The first-order valence-corrected chi connectivity index (χ1v) is 8.58. The van der Waals surface area contributed by atoms with Crippen molar-refractivity contribution < 1.29 is 17.6 Å². The van der Waals surface area contributed by atoms with Gasteiger partial charge in [-0.2, -0.15) is 4.98 Å². The second-order valence-corrected chi connectivity index (χ2v) is 7.15. The lowest BCUT2D eigenvalue weighted by Gasteiger charge is -2.21. The van der Waals surface area contributed by atoms with Gasteiger partial charge < -0.3 is 5.32 Å². The van der Waals surface area contributed by atoms with Gasteiger partial charge in [0.05, 0.1) is 11.4 Å². The van der Waals surface area contributed by atoms with E-state index in [9.17, 15) is 17.6 Å². The summed E-state index contributed by atoms with van der Waals surface area (Å²) in [6.45, 7) is 5.69. The summed E-state index contributed by atoms with van der Waals surface area (Å²) in [5, 5.41) is 3.08. The molecule has 0 aliphatic heterocycles. The van der Waals surface area contributed by atoms with Gasteiger partial charge in [-0.1, -0.05) is 6.07 Å². The Morgan fingerprint density at radius 1 is 0.828 bits per heavy atom. The molecular weight excluding hydrogens is 388 g/mol. The van der Waals surface area contributed by atoms with Crippen LogP contribution in [0.1, 0.15) is 20.8 Å². The van der Waals surface area contributed by atoms with E-state index in [1.165, 1.54) is 6.07 Å². The topological polar surface area (TPSA) is 74.8 Å². The zero-order valence-corrected chi connectivity index (χ0v) is 15.8. The number of nitrogens with zero attached hydrogens (tertiary/aromatic N) is 3. The number of benzene rings is 1. The number of anilines is 3. The predicted molar refractivity (Wildman–Crippen MR) is 102 cm³/mol. The van der Waals surface area contributed by atoms with Crippen LogP contribution in [-0.4, -0.2) is 20.5 Å². The van der Waals surface area contributed by atoms with E-state index in [-0.39, 0.29) is 23.4 Å². The van der Waals surface area contributed by atoms with Crippen molar-refractivity contribution in [1.29, 1.82) is 0 Å². The number of hydrogen-bond acceptors (Lipinski definition) is 6. The van der Waals surface area contributed by atoms with Gasteiger partial charge in [0.1, 0.15) is 5.69 Å². The second kappa shape index (κ2) is 7.90. The Balaban J connectivity index is 1.96. The molecule has 29 heavy (non-hydrogen) atoms. The van der Waals surface area contributed by atoms with Crippen molar-refractivity contribution in [2.24, 2.45) is 0 Å². The van der Waals surface area contributed by atoms with Crippen LogP contribution in [-0.2, 0) is 0 Å². The van der Waals surface area contributed by atoms with Crippen molar-refractivity contribution in [3.05, 3.63) is 59.8 Å². The Bertz CT molecular complexity index is 995. The van der Waals surface area contributed by atoms with Crippen molar-refractivity contribution in [3.8, 4) is 11.4 Å². The fourth-order valence-electron chi connectivity index (χ4n) is 2.36. The highest BCUT2D eigenvalue weighted by Gasteiger charge is 2.20. The van der Waals surface area contributed by atoms with Gasteiger partial charge in [0, 0.05) is 23.9 Å². The van der Waals surface area contributed by atoms with Crippen LogP contribution in [0.25, 0.3) is 11.4 Å². The third-order valence-electron chi connectivity index (χ3n) is 3.57. The maximum atomic E-state index is 13.9. The minimum atomic E-state index is -1.57. The van der Waals surface area contributed by atoms with Crippen LogP contribution in [0, 0.1) is 23.3 Å². The molecule has 2 aromatic heterocycles. The van der Waals surface area contributed by atoms with E-state index in [0.29, 0.717) is 11.4 Å². The van der Waals surface area contributed by atoms with Crippen molar-refractivity contribution in [3.63, 3.8) is 0 Å². The lowest BCUT2D eigenvalue weighted by atomic mass is 10.1. The largest absolute Gasteiger partial charge is 0.350 e. The smallest absolute Gasteiger partial charge is 0.225 e. The van der Waals surface area contributed by atoms with Crippen LogP contribution in [0.5, 0.6) is 0 Å². The molecule has 2 heterocycles. The molecule has 0 unspecified atom stereocenters. The average molecular weight is 406 g/mol. The van der Waals surface area contributed by atoms with Gasteiger partial charge in [0.15, 0.2) is 29.1 Å². The summed E-state index contributed by atoms with van der Waals surface area (Å²) in [6.07, 6.45) is 1.58. The van der Waals surface area contributed by atoms with Gasteiger partial charge in [0.25, 0.3) is 0 Å². The van der Waals surface area contributed by atoms with Gasteiger partial charge in [-0.05, 0) is 32.9 Å². The Morgan fingerprint density at radius 2 is 1.52 bits per heavy atom. The third kappa shape index (κ3) is 4.89. The van der Waals surface area contributed by atoms with Crippen molar-refractivity contribution in [2.45, 2.75) is 26.3 Å². The molecule has 152 valence electrons. The van der Waals surface area contributed by atoms with Crippen molar-refractivity contribution >= 4 is 17.5 Å². The van der Waals surface area contributed by atoms with Crippen molar-refractivity contribution in [1.82, 2.24) is 15.0 Å². The number of hydrazine groups is 1. The van der Waals surface area contributed by atoms with Crippen LogP contribution < -0.4 is 16.2 Å². The van der Waals surface area contributed by atoms with E-state index in [1.807, 2.05) is 20.8 Å². The molecule has 0 saturated carbocycles. The zero-order chi connectivity index (χ0) is 21.2. The summed E-state index contributed by atoms with van der Waals surface area (Å²) in [4.78, 5) is 12.8. The Kier molecular flexibility index (Phi) is 5.53. The number of aromatic nitrogens is 3. The van der Waals surface area contributed by atoms with Gasteiger partial charge in [-0.3, -0.25) is 15.8 Å². The number of hydrogen-bond donors (Lipinski definition) is 3. The monoisotopic (exact) mass is 406 g/mol. The predicted octanol–water partition coefficient (Wildman–Crippen LogP) is 4.74. The summed E-state index contributed by atoms with van der Waals surface area (Å²) >= 11 is 0. The molecule has 0 aliphatic carbocycles. The average Bonchev–Trinajstić information content (AvgIpc) is 2.65. The summed E-state index contributed by atoms with van der Waals surface area (Å²) < 4.78 is 54.5. The Labute approximate surface area is 164 Å². The maximum Gasteiger partial charge on any atom is 0.225 e. The van der Waals surface area contributed by atoms with Crippen LogP contribution in [0.3, 0.4) is 0 Å². The highest BCUT2D eigenvalue weighted by Crippen LogP contribution is 2.25. The van der Waals surface area contributed by atoms with Gasteiger partial charge in [-0.25, -0.2) is 22.5 Å². The first-order valence-electron chi connectivity index (χ1n) is 8.58. The molecule has 1 aromatic carbocycles. The van der Waals surface area contributed by atoms with E-state index < -0.39 is 29.0 Å². The van der Waals surface area contributed by atoms with Crippen LogP contribution >= 0.6 is 0 Å². The number of nitrogens with one attached hydrogen (secondary N) is 3. The molecule has 3 rings (SSSR count). The first-order chi connectivity index (χ1) is 13.6. The Hall–Kier alpha value is -3.43. The van der Waals surface area contributed by atoms with Gasteiger partial charge in [-0.15, -0.1) is 0 Å². The fourth-order valence-corrected chi connectivity index (χ4v) is 2.36.